The molecule has 0 saturated carbocycles. The largest absolute Gasteiger partial charge is 0.484 e. The molecule has 1 aliphatic heterocycles. The van der Waals surface area contributed by atoms with Crippen LogP contribution in [0, 0.1) is 6.92 Å². The van der Waals surface area contributed by atoms with Crippen LogP contribution in [0.1, 0.15) is 38.2 Å². The number of aryl methyl sites for hydroxylation is 1. The summed E-state index contributed by atoms with van der Waals surface area (Å²) in [6.45, 7) is 4.45. The SMILES string of the molecule is CC[C@@H]1CCCCN1S(=O)(=O)c1ccc(NC(=O)COc2ccc(C)cc2)cc1. The summed E-state index contributed by atoms with van der Waals surface area (Å²) in [6.07, 6.45) is 3.68. The smallest absolute Gasteiger partial charge is 0.262 e. The third-order valence-corrected chi connectivity index (χ3v) is 7.15. The maximum atomic E-state index is 13.0. The fourth-order valence-electron chi connectivity index (χ4n) is 3.52. The minimum Gasteiger partial charge on any atom is -0.484 e. The maximum absolute atomic E-state index is 13.0. The van der Waals surface area contributed by atoms with Crippen molar-refractivity contribution in [2.45, 2.75) is 50.5 Å². The predicted molar refractivity (Wildman–Crippen MR) is 114 cm³/mol. The van der Waals surface area contributed by atoms with Crippen LogP contribution >= 0.6 is 0 Å². The molecule has 1 amide bonds. The molecule has 156 valence electrons. The zero-order valence-electron chi connectivity index (χ0n) is 16.9. The van der Waals surface area contributed by atoms with Gasteiger partial charge in [0.25, 0.3) is 5.91 Å². The number of nitrogens with one attached hydrogen (secondary N) is 1. The molecule has 0 spiro atoms. The van der Waals surface area contributed by atoms with Crippen molar-refractivity contribution in [2.75, 3.05) is 18.5 Å². The molecule has 0 radical (unpaired) electrons. The molecular formula is C22H28N2O4S. The molecule has 7 heteroatoms. The Morgan fingerprint density at radius 3 is 2.45 bits per heavy atom. The van der Waals surface area contributed by atoms with E-state index in [1.54, 1.807) is 28.6 Å². The Labute approximate surface area is 172 Å². The van der Waals surface area contributed by atoms with Crippen LogP contribution in [0.2, 0.25) is 0 Å². The van der Waals surface area contributed by atoms with E-state index in [4.69, 9.17) is 4.74 Å². The highest BCUT2D eigenvalue weighted by Gasteiger charge is 2.32. The number of nitrogens with zero attached hydrogens (tertiary/aromatic N) is 1. The van der Waals surface area contributed by atoms with Gasteiger partial charge in [-0.2, -0.15) is 4.31 Å². The molecule has 1 heterocycles. The van der Waals surface area contributed by atoms with Crippen LogP contribution < -0.4 is 10.1 Å². The fourth-order valence-corrected chi connectivity index (χ4v) is 5.29. The Balaban J connectivity index is 1.60. The van der Waals surface area contributed by atoms with Gasteiger partial charge < -0.3 is 10.1 Å². The van der Waals surface area contributed by atoms with Crippen LogP contribution in [-0.2, 0) is 14.8 Å². The fraction of sp³-hybridized carbons (Fsp3) is 0.409. The quantitative estimate of drug-likeness (QED) is 0.741. The first kappa shape index (κ1) is 21.3. The summed E-state index contributed by atoms with van der Waals surface area (Å²) in [4.78, 5) is 12.4. The van der Waals surface area contributed by atoms with Crippen molar-refractivity contribution in [2.24, 2.45) is 0 Å². The molecule has 6 nitrogen and oxygen atoms in total. The Morgan fingerprint density at radius 1 is 1.10 bits per heavy atom. The molecule has 1 saturated heterocycles. The molecule has 0 aliphatic carbocycles. The molecule has 2 aromatic rings. The van der Waals surface area contributed by atoms with Crippen LogP contribution in [-0.4, -0.2) is 37.8 Å². The van der Waals surface area contributed by atoms with Gasteiger partial charge in [-0.25, -0.2) is 8.42 Å². The first-order chi connectivity index (χ1) is 13.9. The third-order valence-electron chi connectivity index (χ3n) is 5.18. The number of piperidine rings is 1. The zero-order chi connectivity index (χ0) is 20.9. The maximum Gasteiger partial charge on any atom is 0.262 e. The van der Waals surface area contributed by atoms with Gasteiger partial charge in [-0.15, -0.1) is 0 Å². The van der Waals surface area contributed by atoms with Gasteiger partial charge in [0.05, 0.1) is 4.90 Å². The number of benzene rings is 2. The summed E-state index contributed by atoms with van der Waals surface area (Å²) in [6, 6.07) is 13.8. The summed E-state index contributed by atoms with van der Waals surface area (Å²) in [5, 5.41) is 2.73. The average molecular weight is 417 g/mol. The van der Waals surface area contributed by atoms with Gasteiger partial charge >= 0.3 is 0 Å². The lowest BCUT2D eigenvalue weighted by atomic mass is 10.0. The Bertz CT molecular complexity index is 924. The molecule has 0 unspecified atom stereocenters. The molecule has 1 aliphatic rings. The molecule has 2 aromatic carbocycles. The van der Waals surface area contributed by atoms with Gasteiger partial charge in [-0.3, -0.25) is 4.79 Å². The first-order valence-electron chi connectivity index (χ1n) is 10.0. The monoisotopic (exact) mass is 416 g/mol. The standard InChI is InChI=1S/C22H28N2O4S/c1-3-19-6-4-5-15-24(19)29(26,27)21-13-9-18(10-14-21)23-22(25)16-28-20-11-7-17(2)8-12-20/h7-14,19H,3-6,15-16H2,1-2H3,(H,23,25)/t19-/m1/s1. The average Bonchev–Trinajstić information content (AvgIpc) is 2.73. The molecule has 1 fully saturated rings. The van der Waals surface area contributed by atoms with Crippen molar-refractivity contribution in [1.82, 2.24) is 4.31 Å². The van der Waals surface area contributed by atoms with E-state index in [0.29, 0.717) is 18.0 Å². The van der Waals surface area contributed by atoms with E-state index in [0.717, 1.165) is 31.2 Å². The van der Waals surface area contributed by atoms with Gasteiger partial charge in [-0.05, 0) is 62.6 Å². The summed E-state index contributed by atoms with van der Waals surface area (Å²) in [7, 11) is -3.52. The van der Waals surface area contributed by atoms with E-state index < -0.39 is 10.0 Å². The van der Waals surface area contributed by atoms with Gasteiger partial charge in [0, 0.05) is 18.3 Å². The number of anilines is 1. The van der Waals surface area contributed by atoms with E-state index in [1.165, 1.54) is 0 Å². The van der Waals surface area contributed by atoms with Crippen LogP contribution in [0.4, 0.5) is 5.69 Å². The van der Waals surface area contributed by atoms with Gasteiger partial charge in [0.15, 0.2) is 6.61 Å². The molecule has 1 atom stereocenters. The molecule has 3 rings (SSSR count). The van der Waals surface area contributed by atoms with Crippen molar-refractivity contribution < 1.29 is 17.9 Å². The number of ether oxygens (including phenoxy) is 1. The molecule has 29 heavy (non-hydrogen) atoms. The minimum atomic E-state index is -3.52. The van der Waals surface area contributed by atoms with E-state index >= 15 is 0 Å². The van der Waals surface area contributed by atoms with Crippen LogP contribution in [0.5, 0.6) is 5.75 Å². The Hall–Kier alpha value is -2.38. The third kappa shape index (κ3) is 5.36. The van der Waals surface area contributed by atoms with E-state index in [-0.39, 0.29) is 23.5 Å². The highest BCUT2D eigenvalue weighted by molar-refractivity contribution is 7.89. The number of hydrogen-bond acceptors (Lipinski definition) is 4. The van der Waals surface area contributed by atoms with E-state index in [9.17, 15) is 13.2 Å². The molecule has 1 N–H and O–H groups in total. The molecule has 0 aromatic heterocycles. The lowest BCUT2D eigenvalue weighted by Crippen LogP contribution is -2.43. The lowest BCUT2D eigenvalue weighted by molar-refractivity contribution is -0.118. The number of hydrogen-bond donors (Lipinski definition) is 1. The van der Waals surface area contributed by atoms with Crippen molar-refractivity contribution in [3.8, 4) is 5.75 Å². The second-order valence-corrected chi connectivity index (χ2v) is 9.24. The normalized spacial score (nSPS) is 17.7. The molecule has 0 bridgehead atoms. The number of rotatable bonds is 7. The van der Waals surface area contributed by atoms with Crippen molar-refractivity contribution in [3.63, 3.8) is 0 Å². The topological polar surface area (TPSA) is 75.7 Å². The van der Waals surface area contributed by atoms with E-state index in [1.807, 2.05) is 38.1 Å². The second kappa shape index (κ2) is 9.41. The Morgan fingerprint density at radius 2 is 1.79 bits per heavy atom. The number of amides is 1. The van der Waals surface area contributed by atoms with Crippen LogP contribution in [0.25, 0.3) is 0 Å². The predicted octanol–water partition coefficient (Wildman–Crippen LogP) is 3.97. The lowest BCUT2D eigenvalue weighted by Gasteiger charge is -2.34. The van der Waals surface area contributed by atoms with Gasteiger partial charge in [0.1, 0.15) is 5.75 Å². The van der Waals surface area contributed by atoms with Gasteiger partial charge in [0.2, 0.25) is 10.0 Å². The number of carbonyl (C=O) groups excluding carboxylic acids is 1. The highest BCUT2D eigenvalue weighted by atomic mass is 32.2. The zero-order valence-corrected chi connectivity index (χ0v) is 17.7. The second-order valence-electron chi connectivity index (χ2n) is 7.35. The summed E-state index contributed by atoms with van der Waals surface area (Å²) >= 11 is 0. The highest BCUT2D eigenvalue weighted by Crippen LogP contribution is 2.27. The van der Waals surface area contributed by atoms with Crippen LogP contribution in [0.15, 0.2) is 53.4 Å². The van der Waals surface area contributed by atoms with Crippen molar-refractivity contribution in [3.05, 3.63) is 54.1 Å². The number of carbonyl (C=O) groups is 1. The first-order valence-corrected chi connectivity index (χ1v) is 11.5. The number of sulfonamides is 1. The minimum absolute atomic E-state index is 0.0621. The summed E-state index contributed by atoms with van der Waals surface area (Å²) < 4.78 is 33.1. The van der Waals surface area contributed by atoms with Crippen molar-refractivity contribution >= 4 is 21.6 Å². The summed E-state index contributed by atoms with van der Waals surface area (Å²) in [5.74, 6) is 0.322. The van der Waals surface area contributed by atoms with E-state index in [2.05, 4.69) is 5.32 Å². The Kier molecular flexibility index (Phi) is 6.92. The van der Waals surface area contributed by atoms with Gasteiger partial charge in [-0.1, -0.05) is 31.0 Å². The van der Waals surface area contributed by atoms with Crippen molar-refractivity contribution in [1.29, 1.82) is 0 Å². The molecular weight excluding hydrogens is 388 g/mol. The summed E-state index contributed by atoms with van der Waals surface area (Å²) in [5.41, 5.74) is 1.65. The van der Waals surface area contributed by atoms with Crippen LogP contribution in [0.3, 0.4) is 0 Å².